The number of hydrogen-bond acceptors (Lipinski definition) is 6. The Balaban J connectivity index is 3.14. The van der Waals surface area contributed by atoms with Gasteiger partial charge >= 0.3 is 0 Å². The molecule has 0 fully saturated rings. The van der Waals surface area contributed by atoms with Crippen LogP contribution in [-0.4, -0.2) is 52.3 Å². The summed E-state index contributed by atoms with van der Waals surface area (Å²) in [6.07, 6.45) is 0. The molecule has 0 unspecified atom stereocenters. The van der Waals surface area contributed by atoms with Crippen LogP contribution in [0.1, 0.15) is 13.8 Å². The number of rotatable bonds is 8. The van der Waals surface area contributed by atoms with Crippen molar-refractivity contribution in [3.63, 3.8) is 0 Å². The minimum absolute atomic E-state index is 0.229. The number of hydrogen-bond donors (Lipinski definition) is 4. The fraction of sp³-hybridized carbons (Fsp3) is 0.500. The lowest BCUT2D eigenvalue weighted by molar-refractivity contribution is 0.265. The molecule has 1 aromatic carbocycles. The van der Waals surface area contributed by atoms with Crippen molar-refractivity contribution in [2.45, 2.75) is 35.7 Å². The molecule has 0 aliphatic rings. The van der Waals surface area contributed by atoms with Crippen LogP contribution in [0.5, 0.6) is 0 Å². The van der Waals surface area contributed by atoms with E-state index < -0.39 is 32.1 Å². The Hall–Kier alpha value is -1.04. The van der Waals surface area contributed by atoms with Crippen molar-refractivity contribution in [3.05, 3.63) is 24.3 Å². The quantitative estimate of drug-likeness (QED) is 0.474. The van der Waals surface area contributed by atoms with Crippen molar-refractivity contribution < 1.29 is 27.0 Å². The van der Waals surface area contributed by atoms with E-state index in [0.29, 0.717) is 0 Å². The zero-order valence-electron chi connectivity index (χ0n) is 12.2. The summed E-state index contributed by atoms with van der Waals surface area (Å²) in [5.41, 5.74) is 0. The minimum Gasteiger partial charge on any atom is -0.395 e. The fourth-order valence-corrected chi connectivity index (χ4v) is 4.18. The highest BCUT2D eigenvalue weighted by Crippen LogP contribution is 2.16. The van der Waals surface area contributed by atoms with Crippen molar-refractivity contribution >= 4 is 20.0 Å². The van der Waals surface area contributed by atoms with Crippen molar-refractivity contribution in [2.24, 2.45) is 0 Å². The Labute approximate surface area is 130 Å². The zero-order chi connectivity index (χ0) is 17.0. The molecule has 10 heteroatoms. The standard InChI is InChI=1S/C12H20N2O6S2/c1-9(7-15)13-21(17,18)11-4-3-5-12(6-11)22(19,20)14-10(2)8-16/h3-6,9-10,13-16H,7-8H2,1-2H3/t9-,10-/m0/s1. The Bertz CT molecular complexity index is 645. The molecule has 0 spiro atoms. The van der Waals surface area contributed by atoms with Gasteiger partial charge in [-0.15, -0.1) is 0 Å². The van der Waals surface area contributed by atoms with E-state index in [2.05, 4.69) is 9.44 Å². The molecule has 0 saturated heterocycles. The molecule has 4 N–H and O–H groups in total. The van der Waals surface area contributed by atoms with E-state index in [4.69, 9.17) is 10.2 Å². The zero-order valence-corrected chi connectivity index (χ0v) is 13.9. The summed E-state index contributed by atoms with van der Waals surface area (Å²) in [5.74, 6) is 0. The Kier molecular flexibility index (Phi) is 6.47. The van der Waals surface area contributed by atoms with Gasteiger partial charge in [-0.3, -0.25) is 0 Å². The highest BCUT2D eigenvalue weighted by molar-refractivity contribution is 7.90. The summed E-state index contributed by atoms with van der Waals surface area (Å²) in [6.45, 7) is 2.19. The average molecular weight is 352 g/mol. The van der Waals surface area contributed by atoms with Gasteiger partial charge in [-0.1, -0.05) is 6.07 Å². The van der Waals surface area contributed by atoms with Crippen LogP contribution in [0.15, 0.2) is 34.1 Å². The molecule has 0 aliphatic heterocycles. The van der Waals surface area contributed by atoms with Gasteiger partial charge in [0.2, 0.25) is 20.0 Å². The third kappa shape index (κ3) is 5.00. The Morgan fingerprint density at radius 1 is 0.909 bits per heavy atom. The summed E-state index contributed by atoms with van der Waals surface area (Å²) in [6, 6.07) is 3.42. The molecule has 1 aromatic rings. The van der Waals surface area contributed by atoms with E-state index in [1.165, 1.54) is 32.0 Å². The maximum absolute atomic E-state index is 12.1. The van der Waals surface area contributed by atoms with Gasteiger partial charge in [-0.2, -0.15) is 0 Å². The van der Waals surface area contributed by atoms with Crippen molar-refractivity contribution in [1.29, 1.82) is 0 Å². The Morgan fingerprint density at radius 2 is 1.27 bits per heavy atom. The molecule has 0 radical (unpaired) electrons. The Morgan fingerprint density at radius 3 is 1.59 bits per heavy atom. The van der Waals surface area contributed by atoms with Crippen molar-refractivity contribution in [1.82, 2.24) is 9.44 Å². The van der Waals surface area contributed by atoms with E-state index in [0.717, 1.165) is 6.07 Å². The second-order valence-corrected chi connectivity index (χ2v) is 8.31. The molecule has 0 aromatic heterocycles. The number of aliphatic hydroxyl groups is 2. The molecule has 0 saturated carbocycles. The first-order valence-electron chi connectivity index (χ1n) is 6.49. The third-order valence-corrected chi connectivity index (χ3v) is 5.86. The predicted octanol–water partition coefficient (Wildman–Crippen LogP) is -0.995. The lowest BCUT2D eigenvalue weighted by Gasteiger charge is -2.14. The molecule has 0 heterocycles. The van der Waals surface area contributed by atoms with E-state index in [9.17, 15) is 16.8 Å². The van der Waals surface area contributed by atoms with Gasteiger partial charge in [0, 0.05) is 12.1 Å². The lowest BCUT2D eigenvalue weighted by atomic mass is 10.4. The fourth-order valence-electron chi connectivity index (χ4n) is 1.55. The van der Waals surface area contributed by atoms with Gasteiger partial charge in [-0.25, -0.2) is 26.3 Å². The van der Waals surface area contributed by atoms with Crippen LogP contribution in [0.3, 0.4) is 0 Å². The van der Waals surface area contributed by atoms with Crippen LogP contribution in [0.2, 0.25) is 0 Å². The topological polar surface area (TPSA) is 133 Å². The molecule has 0 bridgehead atoms. The van der Waals surface area contributed by atoms with Crippen LogP contribution >= 0.6 is 0 Å². The number of sulfonamides is 2. The number of aliphatic hydroxyl groups excluding tert-OH is 2. The first-order valence-corrected chi connectivity index (χ1v) is 9.45. The van der Waals surface area contributed by atoms with Gasteiger partial charge in [0.05, 0.1) is 23.0 Å². The summed E-state index contributed by atoms with van der Waals surface area (Å²) in [5, 5.41) is 17.8. The molecule has 0 amide bonds. The highest BCUT2D eigenvalue weighted by atomic mass is 32.2. The summed E-state index contributed by atoms with van der Waals surface area (Å²) >= 11 is 0. The molecule has 8 nitrogen and oxygen atoms in total. The lowest BCUT2D eigenvalue weighted by Crippen LogP contribution is -2.36. The number of nitrogens with one attached hydrogen (secondary N) is 2. The van der Waals surface area contributed by atoms with Gasteiger partial charge in [0.1, 0.15) is 0 Å². The minimum atomic E-state index is -3.94. The second-order valence-electron chi connectivity index (χ2n) is 4.88. The summed E-state index contributed by atoms with van der Waals surface area (Å²) < 4.78 is 52.8. The second kappa shape index (κ2) is 7.49. The summed E-state index contributed by atoms with van der Waals surface area (Å²) in [4.78, 5) is -0.459. The van der Waals surface area contributed by atoms with Crippen LogP contribution < -0.4 is 9.44 Å². The van der Waals surface area contributed by atoms with E-state index in [1.807, 2.05) is 0 Å². The molecular weight excluding hydrogens is 332 g/mol. The third-order valence-electron chi connectivity index (χ3n) is 2.69. The number of benzene rings is 1. The first kappa shape index (κ1) is 19.0. The maximum atomic E-state index is 12.1. The van der Waals surface area contributed by atoms with Crippen LogP contribution in [0.4, 0.5) is 0 Å². The SMILES string of the molecule is C[C@@H](CO)NS(=O)(=O)c1cccc(S(=O)(=O)N[C@@H](C)CO)c1. The van der Waals surface area contributed by atoms with Gasteiger partial charge in [0.15, 0.2) is 0 Å². The molecule has 0 aliphatic carbocycles. The first-order chi connectivity index (χ1) is 10.1. The average Bonchev–Trinajstić information content (AvgIpc) is 2.46. The van der Waals surface area contributed by atoms with Gasteiger partial charge < -0.3 is 10.2 Å². The summed E-state index contributed by atoms with van der Waals surface area (Å²) in [7, 11) is -7.88. The van der Waals surface area contributed by atoms with Crippen molar-refractivity contribution in [3.8, 4) is 0 Å². The molecule has 126 valence electrons. The smallest absolute Gasteiger partial charge is 0.240 e. The normalized spacial score (nSPS) is 15.5. The molecule has 1 rings (SSSR count). The highest BCUT2D eigenvalue weighted by Gasteiger charge is 2.22. The molecule has 2 atom stereocenters. The van der Waals surface area contributed by atoms with E-state index in [-0.39, 0.29) is 23.0 Å². The van der Waals surface area contributed by atoms with Gasteiger partial charge in [0.25, 0.3) is 0 Å². The van der Waals surface area contributed by atoms with Crippen molar-refractivity contribution in [2.75, 3.05) is 13.2 Å². The molecule has 22 heavy (non-hydrogen) atoms. The predicted molar refractivity (Wildman–Crippen MR) is 80.2 cm³/mol. The van der Waals surface area contributed by atoms with Crippen LogP contribution in [0, 0.1) is 0 Å². The van der Waals surface area contributed by atoms with E-state index >= 15 is 0 Å². The molecular formula is C12H20N2O6S2. The van der Waals surface area contributed by atoms with Crippen LogP contribution in [0.25, 0.3) is 0 Å². The largest absolute Gasteiger partial charge is 0.395 e. The monoisotopic (exact) mass is 352 g/mol. The van der Waals surface area contributed by atoms with E-state index in [1.54, 1.807) is 0 Å². The van der Waals surface area contributed by atoms with Gasteiger partial charge in [-0.05, 0) is 32.0 Å². The maximum Gasteiger partial charge on any atom is 0.240 e. The van der Waals surface area contributed by atoms with Crippen LogP contribution in [-0.2, 0) is 20.0 Å².